The first-order valence-electron chi connectivity index (χ1n) is 10.9. The molecule has 0 saturated carbocycles. The van der Waals surface area contributed by atoms with E-state index >= 15 is 8.78 Å². The Morgan fingerprint density at radius 1 is 1.08 bits per heavy atom. The molecule has 3 aromatic rings. The van der Waals surface area contributed by atoms with Gasteiger partial charge in [0, 0.05) is 28.9 Å². The Morgan fingerprint density at radius 2 is 1.73 bits per heavy atom. The van der Waals surface area contributed by atoms with Gasteiger partial charge in [-0.05, 0) is 30.4 Å². The monoisotopic (exact) mass is 535 g/mol. The summed E-state index contributed by atoms with van der Waals surface area (Å²) in [6, 6.07) is -0.0411. The van der Waals surface area contributed by atoms with Crippen LogP contribution < -0.4 is 10.1 Å². The summed E-state index contributed by atoms with van der Waals surface area (Å²) >= 11 is 0. The summed E-state index contributed by atoms with van der Waals surface area (Å²) in [6.45, 7) is 3.88. The molecule has 200 valence electrons. The van der Waals surface area contributed by atoms with E-state index in [0.29, 0.717) is 6.07 Å². The largest absolute Gasteiger partial charge is 0.493 e. The molecule has 4 rings (SSSR count). The predicted octanol–water partition coefficient (Wildman–Crippen LogP) is 6.13. The summed E-state index contributed by atoms with van der Waals surface area (Å²) in [5.41, 5.74) is -6.98. The highest BCUT2D eigenvalue weighted by Gasteiger charge is 2.74. The number of methoxy groups -OCH3 is 1. The first-order chi connectivity index (χ1) is 17.0. The Kier molecular flexibility index (Phi) is 6.09. The van der Waals surface area contributed by atoms with Crippen molar-refractivity contribution < 1.29 is 45.0 Å². The molecule has 0 aliphatic heterocycles. The molecule has 2 atom stereocenters. The number of nitrogens with zero attached hydrogens (tertiary/aromatic N) is 2. The van der Waals surface area contributed by atoms with E-state index in [4.69, 9.17) is 4.74 Å². The first kappa shape index (κ1) is 26.8. The molecule has 5 nitrogen and oxygen atoms in total. The lowest BCUT2D eigenvalue weighted by Gasteiger charge is -2.51. The van der Waals surface area contributed by atoms with E-state index in [1.54, 1.807) is 0 Å². The van der Waals surface area contributed by atoms with E-state index in [0.717, 1.165) is 25.4 Å². The number of ether oxygens (including phenoxy) is 1. The Morgan fingerprint density at radius 3 is 2.32 bits per heavy atom. The number of anilines is 1. The van der Waals surface area contributed by atoms with Crippen molar-refractivity contribution in [3.8, 4) is 5.75 Å². The number of rotatable bonds is 4. The average molecular weight is 535 g/mol. The molecule has 0 fully saturated rings. The minimum Gasteiger partial charge on any atom is -0.493 e. The van der Waals surface area contributed by atoms with Gasteiger partial charge in [0.25, 0.3) is 0 Å². The lowest BCUT2D eigenvalue weighted by Crippen LogP contribution is -2.65. The molecular weight excluding hydrogens is 514 g/mol. The second-order valence-electron chi connectivity index (χ2n) is 9.58. The van der Waals surface area contributed by atoms with Gasteiger partial charge in [0.05, 0.1) is 13.2 Å². The second-order valence-corrected chi connectivity index (χ2v) is 9.58. The van der Waals surface area contributed by atoms with Crippen LogP contribution in [0.1, 0.15) is 43.3 Å². The van der Waals surface area contributed by atoms with E-state index in [-0.39, 0.29) is 22.3 Å². The number of aliphatic hydroxyl groups is 1. The van der Waals surface area contributed by atoms with Crippen LogP contribution in [0.5, 0.6) is 5.75 Å². The Hall–Kier alpha value is -3.22. The molecule has 1 heterocycles. The highest BCUT2D eigenvalue weighted by molar-refractivity contribution is 5.91. The van der Waals surface area contributed by atoms with Crippen molar-refractivity contribution in [1.29, 1.82) is 0 Å². The number of halogens is 8. The molecule has 1 aromatic heterocycles. The molecule has 37 heavy (non-hydrogen) atoms. The average Bonchev–Trinajstić information content (AvgIpc) is 2.78. The van der Waals surface area contributed by atoms with Crippen molar-refractivity contribution in [2.45, 2.75) is 56.3 Å². The number of hydrogen-bond acceptors (Lipinski definition) is 5. The van der Waals surface area contributed by atoms with Gasteiger partial charge in [-0.3, -0.25) is 0 Å². The second kappa shape index (κ2) is 8.40. The minimum absolute atomic E-state index is 0.0352. The van der Waals surface area contributed by atoms with Gasteiger partial charge in [-0.1, -0.05) is 19.9 Å². The fourth-order valence-electron chi connectivity index (χ4n) is 5.06. The molecule has 0 amide bonds. The van der Waals surface area contributed by atoms with Crippen LogP contribution in [-0.2, 0) is 5.41 Å². The normalized spacial score (nSPS) is 21.6. The van der Waals surface area contributed by atoms with Gasteiger partial charge in [0.15, 0.2) is 28.8 Å². The van der Waals surface area contributed by atoms with Crippen molar-refractivity contribution in [3.05, 3.63) is 58.8 Å². The summed E-state index contributed by atoms with van der Waals surface area (Å²) in [4.78, 5) is 7.66. The maximum Gasteiger partial charge on any atom is 0.456 e. The van der Waals surface area contributed by atoms with Crippen LogP contribution in [-0.4, -0.2) is 39.9 Å². The minimum atomic E-state index is -6.20. The van der Waals surface area contributed by atoms with Crippen LogP contribution in [0.25, 0.3) is 10.9 Å². The Balaban J connectivity index is 2.05. The molecule has 0 unspecified atom stereocenters. The van der Waals surface area contributed by atoms with Crippen molar-refractivity contribution in [3.63, 3.8) is 0 Å². The molecule has 2 N–H and O–H groups in total. The lowest BCUT2D eigenvalue weighted by atomic mass is 9.61. The van der Waals surface area contributed by atoms with Crippen LogP contribution in [0.4, 0.5) is 40.8 Å². The summed E-state index contributed by atoms with van der Waals surface area (Å²) in [6.07, 6.45) is -6.38. The van der Waals surface area contributed by atoms with E-state index in [2.05, 4.69) is 15.3 Å². The van der Waals surface area contributed by atoms with Crippen LogP contribution in [0, 0.1) is 24.4 Å². The van der Waals surface area contributed by atoms with Gasteiger partial charge < -0.3 is 15.2 Å². The lowest BCUT2D eigenvalue weighted by molar-refractivity contribution is -0.349. The smallest absolute Gasteiger partial charge is 0.456 e. The van der Waals surface area contributed by atoms with Gasteiger partial charge in [-0.2, -0.15) is 22.0 Å². The molecular formula is C24H21F8N3O2. The van der Waals surface area contributed by atoms with Gasteiger partial charge in [-0.15, -0.1) is 0 Å². The topological polar surface area (TPSA) is 67.3 Å². The third kappa shape index (κ3) is 3.94. The standard InChI is InChI=1S/C24H21F8N3O2/c1-10-33-8-12-15(7-14(26)17(27)18(12)34-10)35-20-11-5-6-13(25)19(37-4)16(11)21(2,3)9-22(20,36)23(28,29)24(30,31)32/h5-8,20,35-36H,9H2,1-4H3/t20-,22-/m1/s1. The van der Waals surface area contributed by atoms with Crippen molar-refractivity contribution in [2.24, 2.45) is 0 Å². The van der Waals surface area contributed by atoms with Crippen LogP contribution in [0.3, 0.4) is 0 Å². The van der Waals surface area contributed by atoms with Crippen molar-refractivity contribution >= 4 is 16.6 Å². The highest BCUT2D eigenvalue weighted by Crippen LogP contribution is 2.59. The van der Waals surface area contributed by atoms with Crippen LogP contribution in [0.15, 0.2) is 24.4 Å². The number of hydrogen-bond donors (Lipinski definition) is 2. The summed E-state index contributed by atoms with van der Waals surface area (Å²) in [7, 11) is 1.09. The van der Waals surface area contributed by atoms with Gasteiger partial charge in [-0.25, -0.2) is 23.1 Å². The zero-order chi connectivity index (χ0) is 27.7. The fourth-order valence-corrected chi connectivity index (χ4v) is 5.06. The molecule has 13 heteroatoms. The highest BCUT2D eigenvalue weighted by atomic mass is 19.4. The molecule has 0 saturated heterocycles. The zero-order valence-electron chi connectivity index (χ0n) is 19.9. The van der Waals surface area contributed by atoms with E-state index in [1.165, 1.54) is 20.8 Å². The van der Waals surface area contributed by atoms with Crippen LogP contribution >= 0.6 is 0 Å². The number of aromatic nitrogens is 2. The number of benzene rings is 2. The van der Waals surface area contributed by atoms with E-state index in [9.17, 15) is 31.4 Å². The number of aryl methyl sites for hydroxylation is 1. The third-order valence-electron chi connectivity index (χ3n) is 6.61. The van der Waals surface area contributed by atoms with Gasteiger partial charge in [0.2, 0.25) is 0 Å². The number of fused-ring (bicyclic) bond motifs is 2. The predicted molar refractivity (Wildman–Crippen MR) is 117 cm³/mol. The molecule has 0 radical (unpaired) electrons. The van der Waals surface area contributed by atoms with Crippen LogP contribution in [0.2, 0.25) is 0 Å². The molecule has 0 spiro atoms. The molecule has 1 aliphatic rings. The van der Waals surface area contributed by atoms with E-state index < -0.39 is 70.0 Å². The SMILES string of the molecule is COc1c(F)ccc2c1C(C)(C)C[C@](O)(C(F)(F)C(F)(F)F)[C@@H]2Nc1cc(F)c(F)c2nc(C)ncc12. The molecule has 1 aliphatic carbocycles. The van der Waals surface area contributed by atoms with E-state index in [1.807, 2.05) is 0 Å². The Bertz CT molecular complexity index is 1390. The van der Waals surface area contributed by atoms with Crippen molar-refractivity contribution in [1.82, 2.24) is 9.97 Å². The number of alkyl halides is 5. The Labute approximate surface area is 205 Å². The van der Waals surface area contributed by atoms with Gasteiger partial charge >= 0.3 is 12.1 Å². The first-order valence-corrected chi connectivity index (χ1v) is 10.9. The zero-order valence-corrected chi connectivity index (χ0v) is 19.9. The fraction of sp³-hybridized carbons (Fsp3) is 0.417. The number of nitrogens with one attached hydrogen (secondary N) is 1. The third-order valence-corrected chi connectivity index (χ3v) is 6.61. The van der Waals surface area contributed by atoms with Gasteiger partial charge in [0.1, 0.15) is 11.3 Å². The maximum absolute atomic E-state index is 15.1. The molecule has 0 bridgehead atoms. The summed E-state index contributed by atoms with van der Waals surface area (Å²) in [5, 5.41) is 13.3. The maximum atomic E-state index is 15.1. The molecule has 2 aromatic carbocycles. The quantitative estimate of drug-likeness (QED) is 0.394. The summed E-state index contributed by atoms with van der Waals surface area (Å²) < 4.78 is 120. The van der Waals surface area contributed by atoms with Crippen molar-refractivity contribution in [2.75, 3.05) is 12.4 Å². The summed E-state index contributed by atoms with van der Waals surface area (Å²) in [5.74, 6) is -9.87.